The van der Waals surface area contributed by atoms with Crippen molar-refractivity contribution in [1.29, 1.82) is 0 Å². The highest BCUT2D eigenvalue weighted by atomic mass is 32.1. The molecule has 1 amide bonds. The fourth-order valence-corrected chi connectivity index (χ4v) is 3.46. The van der Waals surface area contributed by atoms with Gasteiger partial charge in [0.2, 0.25) is 0 Å². The molecule has 0 radical (unpaired) electrons. The zero-order chi connectivity index (χ0) is 16.2. The molecule has 1 N–H and O–H groups in total. The zero-order valence-corrected chi connectivity index (χ0v) is 14.0. The summed E-state index contributed by atoms with van der Waals surface area (Å²) in [6.07, 6.45) is 3.70. The summed E-state index contributed by atoms with van der Waals surface area (Å²) in [4.78, 5) is 21.5. The van der Waals surface area contributed by atoms with Crippen LogP contribution in [0, 0.1) is 0 Å². The van der Waals surface area contributed by atoms with Crippen molar-refractivity contribution in [2.45, 2.75) is 19.4 Å². The van der Waals surface area contributed by atoms with Crippen molar-refractivity contribution in [3.63, 3.8) is 0 Å². The number of thiazole rings is 1. The molecule has 2 aromatic heterocycles. The number of carbonyl (C=O) groups is 1. The van der Waals surface area contributed by atoms with E-state index in [1.807, 2.05) is 24.0 Å². The molecule has 0 bridgehead atoms. The molecule has 1 aliphatic rings. The lowest BCUT2D eigenvalue weighted by Crippen LogP contribution is -2.50. The summed E-state index contributed by atoms with van der Waals surface area (Å²) in [5.41, 5.74) is 0. The number of aliphatic hydroxyl groups excluding tert-OH is 1. The molecule has 124 valence electrons. The number of β-amino-alcohol motifs (C(OH)–C–C–N with tert-alkyl or cyclic N) is 1. The summed E-state index contributed by atoms with van der Waals surface area (Å²) in [5.74, 6) is 0.711. The minimum absolute atomic E-state index is 0.0241. The minimum Gasteiger partial charge on any atom is -0.462 e. The molecule has 7 heteroatoms. The van der Waals surface area contributed by atoms with Crippen molar-refractivity contribution in [2.75, 3.05) is 32.7 Å². The van der Waals surface area contributed by atoms with Gasteiger partial charge in [0.25, 0.3) is 5.91 Å². The van der Waals surface area contributed by atoms with Crippen LogP contribution in [0.25, 0.3) is 10.8 Å². The maximum atomic E-state index is 12.6. The number of hydrogen-bond donors (Lipinski definition) is 1. The van der Waals surface area contributed by atoms with E-state index >= 15 is 0 Å². The molecule has 2 aromatic rings. The first-order chi connectivity index (χ1) is 11.2. The molecule has 0 aromatic carbocycles. The van der Waals surface area contributed by atoms with E-state index in [0.29, 0.717) is 30.3 Å². The van der Waals surface area contributed by atoms with E-state index in [4.69, 9.17) is 4.42 Å². The van der Waals surface area contributed by atoms with Gasteiger partial charge in [-0.25, -0.2) is 4.98 Å². The van der Waals surface area contributed by atoms with Crippen LogP contribution in [0.1, 0.15) is 23.0 Å². The first kappa shape index (κ1) is 16.2. The molecule has 23 heavy (non-hydrogen) atoms. The van der Waals surface area contributed by atoms with E-state index in [1.54, 1.807) is 12.5 Å². The number of aliphatic hydroxyl groups is 1. The Morgan fingerprint density at radius 1 is 1.43 bits per heavy atom. The van der Waals surface area contributed by atoms with Gasteiger partial charge < -0.3 is 14.4 Å². The molecule has 1 aliphatic heterocycles. The summed E-state index contributed by atoms with van der Waals surface area (Å²) in [5, 5.41) is 10.4. The summed E-state index contributed by atoms with van der Waals surface area (Å²) in [6.45, 7) is 5.62. The average molecular weight is 335 g/mol. The smallest absolute Gasteiger partial charge is 0.265 e. The number of aromatic nitrogens is 1. The first-order valence-electron chi connectivity index (χ1n) is 7.86. The molecule has 6 nitrogen and oxygen atoms in total. The van der Waals surface area contributed by atoms with Crippen LogP contribution in [0.3, 0.4) is 0 Å². The van der Waals surface area contributed by atoms with Gasteiger partial charge in [0.1, 0.15) is 4.88 Å². The third-order valence-corrected chi connectivity index (χ3v) is 5.05. The van der Waals surface area contributed by atoms with Gasteiger partial charge >= 0.3 is 0 Å². The Bertz CT molecular complexity index is 633. The Labute approximate surface area is 139 Å². The van der Waals surface area contributed by atoms with Gasteiger partial charge in [-0.05, 0) is 18.6 Å². The third kappa shape index (κ3) is 3.80. The van der Waals surface area contributed by atoms with Gasteiger partial charge in [-0.15, -0.1) is 11.3 Å². The van der Waals surface area contributed by atoms with Crippen LogP contribution in [0.2, 0.25) is 0 Å². The van der Waals surface area contributed by atoms with Crippen LogP contribution in [-0.4, -0.2) is 64.6 Å². The van der Waals surface area contributed by atoms with Crippen LogP contribution in [0.5, 0.6) is 0 Å². The lowest BCUT2D eigenvalue weighted by Gasteiger charge is -2.35. The van der Waals surface area contributed by atoms with E-state index in [1.165, 1.54) is 11.3 Å². The Morgan fingerprint density at radius 2 is 2.22 bits per heavy atom. The van der Waals surface area contributed by atoms with Crippen LogP contribution in [0.4, 0.5) is 0 Å². The standard InChI is InChI=1S/C16H21N3O3S/c1-2-12(20)11-18-5-7-19(8-6-18)16(21)14-10-17-15(23-14)13-4-3-9-22-13/h3-4,9-10,12,20H,2,5-8,11H2,1H3/t12-/m1/s1. The zero-order valence-electron chi connectivity index (χ0n) is 13.1. The van der Waals surface area contributed by atoms with E-state index < -0.39 is 0 Å². The highest BCUT2D eigenvalue weighted by Gasteiger charge is 2.24. The third-order valence-electron chi connectivity index (χ3n) is 4.05. The van der Waals surface area contributed by atoms with E-state index in [0.717, 1.165) is 24.5 Å². The van der Waals surface area contributed by atoms with Gasteiger partial charge in [0, 0.05) is 32.7 Å². The van der Waals surface area contributed by atoms with Gasteiger partial charge in [0.15, 0.2) is 10.8 Å². The number of carbonyl (C=O) groups excluding carboxylic acids is 1. The second-order valence-corrected chi connectivity index (χ2v) is 6.69. The molecule has 0 unspecified atom stereocenters. The molecule has 0 spiro atoms. The number of rotatable bonds is 5. The Balaban J connectivity index is 1.57. The Kier molecular flexibility index (Phi) is 5.09. The molecular formula is C16H21N3O3S. The maximum absolute atomic E-state index is 12.6. The van der Waals surface area contributed by atoms with Crippen molar-refractivity contribution in [3.05, 3.63) is 29.5 Å². The van der Waals surface area contributed by atoms with E-state index in [2.05, 4.69) is 9.88 Å². The Morgan fingerprint density at radius 3 is 2.87 bits per heavy atom. The fourth-order valence-electron chi connectivity index (χ4n) is 2.60. The summed E-state index contributed by atoms with van der Waals surface area (Å²) in [7, 11) is 0. The Hall–Kier alpha value is -1.70. The largest absolute Gasteiger partial charge is 0.462 e. The summed E-state index contributed by atoms with van der Waals surface area (Å²) in [6, 6.07) is 3.65. The van der Waals surface area contributed by atoms with Crippen molar-refractivity contribution in [3.8, 4) is 10.8 Å². The minimum atomic E-state index is -0.283. The molecule has 0 saturated carbocycles. The van der Waals surface area contributed by atoms with Crippen molar-refractivity contribution in [1.82, 2.24) is 14.8 Å². The van der Waals surface area contributed by atoms with Gasteiger partial charge in [0.05, 0.1) is 18.6 Å². The van der Waals surface area contributed by atoms with Gasteiger partial charge in [-0.2, -0.15) is 0 Å². The number of furan rings is 1. The number of piperazine rings is 1. The second-order valence-electron chi connectivity index (χ2n) is 5.66. The van der Waals surface area contributed by atoms with Gasteiger partial charge in [-0.3, -0.25) is 9.69 Å². The topological polar surface area (TPSA) is 69.8 Å². The SMILES string of the molecule is CC[C@@H](O)CN1CCN(C(=O)c2cnc(-c3ccco3)s2)CC1. The normalized spacial score (nSPS) is 17.4. The average Bonchev–Trinajstić information content (AvgIpc) is 3.25. The predicted octanol–water partition coefficient (Wildman–Crippen LogP) is 1.93. The molecule has 3 rings (SSSR count). The van der Waals surface area contributed by atoms with Crippen molar-refractivity contribution >= 4 is 17.2 Å². The monoisotopic (exact) mass is 335 g/mol. The highest BCUT2D eigenvalue weighted by molar-refractivity contribution is 7.16. The van der Waals surface area contributed by atoms with E-state index in [9.17, 15) is 9.90 Å². The van der Waals surface area contributed by atoms with Crippen LogP contribution < -0.4 is 0 Å². The van der Waals surface area contributed by atoms with Crippen molar-refractivity contribution < 1.29 is 14.3 Å². The van der Waals surface area contributed by atoms with Gasteiger partial charge in [-0.1, -0.05) is 6.92 Å². The predicted molar refractivity (Wildman–Crippen MR) is 88.5 cm³/mol. The summed E-state index contributed by atoms with van der Waals surface area (Å²) >= 11 is 1.36. The molecule has 1 fully saturated rings. The fraction of sp³-hybridized carbons (Fsp3) is 0.500. The van der Waals surface area contributed by atoms with Crippen LogP contribution in [-0.2, 0) is 0 Å². The second kappa shape index (κ2) is 7.25. The van der Waals surface area contributed by atoms with Crippen LogP contribution >= 0.6 is 11.3 Å². The molecule has 0 aliphatic carbocycles. The van der Waals surface area contributed by atoms with E-state index in [-0.39, 0.29) is 12.0 Å². The number of amides is 1. The number of hydrogen-bond acceptors (Lipinski definition) is 6. The van der Waals surface area contributed by atoms with Crippen LogP contribution in [0.15, 0.2) is 29.0 Å². The number of nitrogens with zero attached hydrogens (tertiary/aromatic N) is 3. The van der Waals surface area contributed by atoms with Crippen molar-refractivity contribution in [2.24, 2.45) is 0 Å². The maximum Gasteiger partial charge on any atom is 0.265 e. The molecular weight excluding hydrogens is 314 g/mol. The quantitative estimate of drug-likeness (QED) is 0.904. The summed E-state index contributed by atoms with van der Waals surface area (Å²) < 4.78 is 5.31. The molecule has 1 saturated heterocycles. The molecule has 3 heterocycles. The molecule has 1 atom stereocenters. The highest BCUT2D eigenvalue weighted by Crippen LogP contribution is 2.26. The first-order valence-corrected chi connectivity index (χ1v) is 8.68. The lowest BCUT2D eigenvalue weighted by molar-refractivity contribution is 0.0527. The lowest BCUT2D eigenvalue weighted by atomic mass is 10.2.